The zero-order valence-corrected chi connectivity index (χ0v) is 21.8. The monoisotopic (exact) mass is 511 g/mol. The molecule has 0 spiro atoms. The summed E-state index contributed by atoms with van der Waals surface area (Å²) in [6, 6.07) is 11.8. The van der Waals surface area contributed by atoms with E-state index in [1.54, 1.807) is 12.4 Å². The zero-order chi connectivity index (χ0) is 21.7. The Morgan fingerprint density at radius 3 is 2.27 bits per heavy atom. The molecule has 0 aliphatic rings. The first-order chi connectivity index (χ1) is 14.4. The van der Waals surface area contributed by atoms with Crippen LogP contribution in [0.3, 0.4) is 0 Å². The summed E-state index contributed by atoms with van der Waals surface area (Å²) in [7, 11) is 0. The van der Waals surface area contributed by atoms with Crippen LogP contribution in [0.1, 0.15) is 52.3 Å². The Kier molecular flexibility index (Phi) is 13.2. The van der Waals surface area contributed by atoms with Crippen molar-refractivity contribution in [3.63, 3.8) is 0 Å². The minimum absolute atomic E-state index is 0. The second kappa shape index (κ2) is 14.2. The minimum atomic E-state index is -0.398. The summed E-state index contributed by atoms with van der Waals surface area (Å²) in [5.41, 5.74) is 13.0. The van der Waals surface area contributed by atoms with Crippen LogP contribution >= 0.6 is 37.2 Å². The van der Waals surface area contributed by atoms with E-state index in [0.29, 0.717) is 23.7 Å². The molecular weight excluding hydrogens is 481 g/mol. The number of hydrogen-bond donors (Lipinski definition) is 1. The van der Waals surface area contributed by atoms with Crippen LogP contribution in [0.25, 0.3) is 11.1 Å². The van der Waals surface area contributed by atoms with Crippen LogP contribution in [0, 0.1) is 19.8 Å². The number of halogens is 3. The number of aromatic nitrogens is 2. The van der Waals surface area contributed by atoms with Gasteiger partial charge in [0.25, 0.3) is 0 Å². The molecule has 0 aliphatic heterocycles. The number of pyridine rings is 2. The van der Waals surface area contributed by atoms with Crippen molar-refractivity contribution in [2.45, 2.75) is 47.3 Å². The van der Waals surface area contributed by atoms with E-state index in [9.17, 15) is 4.79 Å². The van der Waals surface area contributed by atoms with Gasteiger partial charge >= 0.3 is 5.97 Å². The molecule has 1 aromatic carbocycles. The van der Waals surface area contributed by atoms with Crippen molar-refractivity contribution < 1.29 is 9.53 Å². The van der Waals surface area contributed by atoms with Gasteiger partial charge in [-0.15, -0.1) is 37.2 Å². The third kappa shape index (κ3) is 7.68. The molecule has 0 saturated carbocycles. The quantitative estimate of drug-likeness (QED) is 0.390. The van der Waals surface area contributed by atoms with Crippen molar-refractivity contribution in [2.24, 2.45) is 11.7 Å². The number of ether oxygens (including phenoxy) is 1. The molecule has 0 radical (unpaired) electrons. The molecule has 8 heteroatoms. The lowest BCUT2D eigenvalue weighted by atomic mass is 9.90. The topological polar surface area (TPSA) is 78.1 Å². The van der Waals surface area contributed by atoms with Gasteiger partial charge in [0.1, 0.15) is 6.61 Å². The van der Waals surface area contributed by atoms with Crippen LogP contribution < -0.4 is 5.73 Å². The molecule has 0 amide bonds. The van der Waals surface area contributed by atoms with E-state index in [4.69, 9.17) is 15.5 Å². The van der Waals surface area contributed by atoms with Crippen LogP contribution in [0.2, 0.25) is 0 Å². The number of carbonyl (C=O) groups excluding carboxylic acids is 1. The predicted molar refractivity (Wildman–Crippen MR) is 141 cm³/mol. The molecular formula is C25H32Cl3N3O2. The van der Waals surface area contributed by atoms with Gasteiger partial charge in [0.2, 0.25) is 0 Å². The van der Waals surface area contributed by atoms with Crippen molar-refractivity contribution in [3.05, 3.63) is 82.4 Å². The van der Waals surface area contributed by atoms with Crippen molar-refractivity contribution in [2.75, 3.05) is 0 Å². The van der Waals surface area contributed by atoms with Crippen molar-refractivity contribution in [3.8, 4) is 11.1 Å². The Morgan fingerprint density at radius 1 is 1.06 bits per heavy atom. The van der Waals surface area contributed by atoms with E-state index in [-0.39, 0.29) is 43.8 Å². The molecule has 3 rings (SSSR count). The SMILES string of the molecule is Cc1ccc(-c2c(CN)c(CC(C)C)nc(C)c2C(=O)OCc2cccnc2)cc1.Cl.Cl.Cl. The molecule has 0 atom stereocenters. The Hall–Kier alpha value is -2.18. The Morgan fingerprint density at radius 2 is 1.73 bits per heavy atom. The number of esters is 1. The molecule has 0 saturated heterocycles. The lowest BCUT2D eigenvalue weighted by Crippen LogP contribution is -2.17. The maximum absolute atomic E-state index is 13.2. The van der Waals surface area contributed by atoms with Gasteiger partial charge in [-0.3, -0.25) is 9.97 Å². The third-order valence-corrected chi connectivity index (χ3v) is 5.01. The van der Waals surface area contributed by atoms with E-state index in [0.717, 1.165) is 39.9 Å². The number of benzene rings is 1. The van der Waals surface area contributed by atoms with E-state index in [1.807, 2.05) is 50.2 Å². The second-order valence-corrected chi connectivity index (χ2v) is 7.98. The van der Waals surface area contributed by atoms with Gasteiger partial charge < -0.3 is 10.5 Å². The summed E-state index contributed by atoms with van der Waals surface area (Å²) in [4.78, 5) is 22.0. The number of nitrogens with zero attached hydrogens (tertiary/aromatic N) is 2. The average molecular weight is 513 g/mol. The smallest absolute Gasteiger partial charge is 0.340 e. The maximum atomic E-state index is 13.2. The molecule has 2 heterocycles. The summed E-state index contributed by atoms with van der Waals surface area (Å²) in [5, 5.41) is 0. The predicted octanol–water partition coefficient (Wildman–Crippen LogP) is 6.04. The first kappa shape index (κ1) is 30.8. The number of hydrogen-bond acceptors (Lipinski definition) is 5. The Bertz CT molecular complexity index is 1030. The van der Waals surface area contributed by atoms with Crippen molar-refractivity contribution >= 4 is 43.2 Å². The normalized spacial score (nSPS) is 10.0. The van der Waals surface area contributed by atoms with E-state index < -0.39 is 5.97 Å². The summed E-state index contributed by atoms with van der Waals surface area (Å²) in [6.45, 7) is 8.67. The number of rotatable bonds is 7. The summed E-state index contributed by atoms with van der Waals surface area (Å²) >= 11 is 0. The highest BCUT2D eigenvalue weighted by atomic mass is 35.5. The molecule has 180 valence electrons. The van der Waals surface area contributed by atoms with Gasteiger partial charge in [0, 0.05) is 35.8 Å². The molecule has 2 aromatic heterocycles. The van der Waals surface area contributed by atoms with E-state index >= 15 is 0 Å². The largest absolute Gasteiger partial charge is 0.457 e. The van der Waals surface area contributed by atoms with E-state index in [1.165, 1.54) is 0 Å². The van der Waals surface area contributed by atoms with Crippen LogP contribution in [0.15, 0.2) is 48.8 Å². The summed E-state index contributed by atoms with van der Waals surface area (Å²) in [6.07, 6.45) is 4.18. The maximum Gasteiger partial charge on any atom is 0.340 e. The van der Waals surface area contributed by atoms with Crippen LogP contribution in [0.5, 0.6) is 0 Å². The highest BCUT2D eigenvalue weighted by Gasteiger charge is 2.24. The van der Waals surface area contributed by atoms with Crippen LogP contribution in [-0.4, -0.2) is 15.9 Å². The fourth-order valence-electron chi connectivity index (χ4n) is 3.57. The highest BCUT2D eigenvalue weighted by molar-refractivity contribution is 5.99. The van der Waals surface area contributed by atoms with Gasteiger partial charge in [-0.1, -0.05) is 49.7 Å². The highest BCUT2D eigenvalue weighted by Crippen LogP contribution is 2.33. The van der Waals surface area contributed by atoms with Gasteiger partial charge in [0.15, 0.2) is 0 Å². The first-order valence-corrected chi connectivity index (χ1v) is 10.3. The van der Waals surface area contributed by atoms with Crippen LogP contribution in [-0.2, 0) is 24.3 Å². The Balaban J connectivity index is 0.00000341. The fraction of sp³-hybridized carbons (Fsp3) is 0.320. The van der Waals surface area contributed by atoms with Gasteiger partial charge in [0.05, 0.1) is 11.3 Å². The van der Waals surface area contributed by atoms with Crippen molar-refractivity contribution in [1.82, 2.24) is 9.97 Å². The summed E-state index contributed by atoms with van der Waals surface area (Å²) in [5.74, 6) is 0.0293. The Labute approximate surface area is 214 Å². The molecule has 0 aliphatic carbocycles. The molecule has 5 nitrogen and oxygen atoms in total. The van der Waals surface area contributed by atoms with Crippen LogP contribution in [0.4, 0.5) is 0 Å². The standard InChI is InChI=1S/C25H29N3O2.3ClH/c1-16(2)12-22-21(13-26)24(20-9-7-17(3)8-10-20)23(18(4)28-22)25(29)30-15-19-6-5-11-27-14-19;;;/h5-11,14,16H,12-13,15,26H2,1-4H3;3*1H. The third-order valence-electron chi connectivity index (χ3n) is 5.01. The first-order valence-electron chi connectivity index (χ1n) is 10.3. The minimum Gasteiger partial charge on any atom is -0.457 e. The number of nitrogens with two attached hydrogens (primary N) is 1. The molecule has 0 unspecified atom stereocenters. The molecule has 0 bridgehead atoms. The van der Waals surface area contributed by atoms with Gasteiger partial charge in [-0.05, 0) is 43.4 Å². The lowest BCUT2D eigenvalue weighted by molar-refractivity contribution is 0.0471. The molecule has 3 aromatic rings. The second-order valence-electron chi connectivity index (χ2n) is 7.98. The van der Waals surface area contributed by atoms with Gasteiger partial charge in [-0.25, -0.2) is 4.79 Å². The molecule has 33 heavy (non-hydrogen) atoms. The average Bonchev–Trinajstić information content (AvgIpc) is 2.72. The number of aryl methyl sites for hydroxylation is 2. The summed E-state index contributed by atoms with van der Waals surface area (Å²) < 4.78 is 5.64. The molecule has 2 N–H and O–H groups in total. The number of carbonyl (C=O) groups is 1. The van der Waals surface area contributed by atoms with Gasteiger partial charge in [-0.2, -0.15) is 0 Å². The fourth-order valence-corrected chi connectivity index (χ4v) is 3.57. The lowest BCUT2D eigenvalue weighted by Gasteiger charge is -2.20. The van der Waals surface area contributed by atoms with E-state index in [2.05, 4.69) is 18.8 Å². The van der Waals surface area contributed by atoms with Crippen molar-refractivity contribution in [1.29, 1.82) is 0 Å². The zero-order valence-electron chi connectivity index (χ0n) is 19.3. The molecule has 0 fully saturated rings.